The zero-order valence-electron chi connectivity index (χ0n) is 16.8. The second kappa shape index (κ2) is 8.88. The molecule has 3 rings (SSSR count). The molecule has 0 bridgehead atoms. The van der Waals surface area contributed by atoms with E-state index in [1.54, 1.807) is 11.3 Å². The van der Waals surface area contributed by atoms with E-state index in [0.717, 1.165) is 28.6 Å². The van der Waals surface area contributed by atoms with Crippen LogP contribution in [0.1, 0.15) is 35.4 Å². The van der Waals surface area contributed by atoms with Crippen molar-refractivity contribution >= 4 is 39.6 Å². The van der Waals surface area contributed by atoms with Crippen LogP contribution >= 0.6 is 23.6 Å². The summed E-state index contributed by atoms with van der Waals surface area (Å²) in [4.78, 5) is 19.1. The van der Waals surface area contributed by atoms with Gasteiger partial charge in [-0.1, -0.05) is 32.0 Å². The van der Waals surface area contributed by atoms with E-state index >= 15 is 0 Å². The van der Waals surface area contributed by atoms with Gasteiger partial charge in [0.2, 0.25) is 0 Å². The number of rotatable bonds is 6. The Hall–Kier alpha value is -2.18. The van der Waals surface area contributed by atoms with Crippen molar-refractivity contribution in [3.05, 3.63) is 67.6 Å². The zero-order chi connectivity index (χ0) is 20.3. The number of pyridine rings is 1. The Morgan fingerprint density at radius 1 is 1.25 bits per heavy atom. The molecule has 2 N–H and O–H groups in total. The largest absolute Gasteiger partial charge is 0.362 e. The van der Waals surface area contributed by atoms with Crippen molar-refractivity contribution < 1.29 is 0 Å². The molecule has 28 heavy (non-hydrogen) atoms. The molecule has 3 aromatic rings. The first-order chi connectivity index (χ1) is 13.3. The van der Waals surface area contributed by atoms with Gasteiger partial charge in [0.15, 0.2) is 5.11 Å². The highest BCUT2D eigenvalue weighted by atomic mass is 32.1. The molecule has 0 fully saturated rings. The molecular weight excluding hydrogens is 386 g/mol. The molecule has 0 unspecified atom stereocenters. The second-order valence-electron chi connectivity index (χ2n) is 7.61. The van der Waals surface area contributed by atoms with E-state index in [9.17, 15) is 4.79 Å². The fourth-order valence-electron chi connectivity index (χ4n) is 3.09. The highest BCUT2D eigenvalue weighted by Gasteiger charge is 2.15. The van der Waals surface area contributed by atoms with Gasteiger partial charge in [0.1, 0.15) is 0 Å². The molecule has 0 saturated heterocycles. The van der Waals surface area contributed by atoms with Gasteiger partial charge in [0.05, 0.1) is 18.6 Å². The lowest BCUT2D eigenvalue weighted by Gasteiger charge is -2.26. The predicted molar refractivity (Wildman–Crippen MR) is 123 cm³/mol. The fraction of sp³-hybridized carbons (Fsp3) is 0.364. The van der Waals surface area contributed by atoms with Crippen molar-refractivity contribution in [2.45, 2.75) is 40.8 Å². The maximum absolute atomic E-state index is 12.8. The molecule has 4 nitrogen and oxygen atoms in total. The van der Waals surface area contributed by atoms with Crippen LogP contribution in [0.2, 0.25) is 0 Å². The quantitative estimate of drug-likeness (QED) is 0.573. The Balaban J connectivity index is 1.90. The summed E-state index contributed by atoms with van der Waals surface area (Å²) in [5.41, 5.74) is 3.88. The number of thiocarbonyl (C=S) groups is 1. The maximum atomic E-state index is 12.8. The van der Waals surface area contributed by atoms with Gasteiger partial charge in [-0.05, 0) is 66.0 Å². The minimum atomic E-state index is -0.0518. The summed E-state index contributed by atoms with van der Waals surface area (Å²) in [6.45, 7) is 10.4. The molecule has 1 aromatic carbocycles. The number of nitrogens with one attached hydrogen (secondary N) is 2. The monoisotopic (exact) mass is 413 g/mol. The number of aryl methyl sites for hydroxylation is 2. The molecule has 0 aliphatic heterocycles. The van der Waals surface area contributed by atoms with E-state index in [1.807, 2.05) is 19.1 Å². The van der Waals surface area contributed by atoms with Crippen LogP contribution in [0.4, 0.5) is 0 Å². The summed E-state index contributed by atoms with van der Waals surface area (Å²) in [5, 5.41) is 7.13. The molecule has 0 aliphatic carbocycles. The average molecular weight is 414 g/mol. The van der Waals surface area contributed by atoms with Gasteiger partial charge in [-0.25, -0.2) is 0 Å². The zero-order valence-corrected chi connectivity index (χ0v) is 18.5. The predicted octanol–water partition coefficient (Wildman–Crippen LogP) is 4.74. The van der Waals surface area contributed by atoms with E-state index in [4.69, 9.17) is 12.2 Å². The number of hydrogen-bond acceptors (Lipinski definition) is 3. The SMILES string of the molecule is Cc1ccc2cc(CN(Cc3cccs3)C(=S)NCC(C)C)c(=O)[nH]c2c1C. The van der Waals surface area contributed by atoms with Crippen molar-refractivity contribution in [1.82, 2.24) is 15.2 Å². The Morgan fingerprint density at radius 2 is 2.04 bits per heavy atom. The Morgan fingerprint density at radius 3 is 2.71 bits per heavy atom. The van der Waals surface area contributed by atoms with E-state index in [2.05, 4.69) is 59.6 Å². The molecule has 0 atom stereocenters. The third-order valence-electron chi connectivity index (χ3n) is 4.86. The van der Waals surface area contributed by atoms with Crippen molar-refractivity contribution in [2.75, 3.05) is 6.54 Å². The molecule has 2 aromatic heterocycles. The number of fused-ring (bicyclic) bond motifs is 1. The number of aromatic amines is 1. The van der Waals surface area contributed by atoms with Gasteiger partial charge in [0.25, 0.3) is 5.56 Å². The van der Waals surface area contributed by atoms with Gasteiger partial charge in [-0.15, -0.1) is 11.3 Å². The topological polar surface area (TPSA) is 48.1 Å². The summed E-state index contributed by atoms with van der Waals surface area (Å²) in [7, 11) is 0. The standard InChI is InChI=1S/C22H27N3OS2/c1-14(2)11-23-22(27)25(13-19-6-5-9-28-19)12-18-10-17-8-7-15(3)16(4)20(17)24-21(18)26/h5-10,14H,11-13H2,1-4H3,(H,23,27)(H,24,26). The minimum absolute atomic E-state index is 0.0518. The van der Waals surface area contributed by atoms with Crippen LogP contribution in [0, 0.1) is 19.8 Å². The van der Waals surface area contributed by atoms with Crippen LogP contribution in [-0.2, 0) is 13.1 Å². The van der Waals surface area contributed by atoms with Crippen molar-refractivity contribution in [3.8, 4) is 0 Å². The second-order valence-corrected chi connectivity index (χ2v) is 9.03. The van der Waals surface area contributed by atoms with Crippen LogP contribution in [0.25, 0.3) is 10.9 Å². The molecule has 148 valence electrons. The molecule has 0 spiro atoms. The summed E-state index contributed by atoms with van der Waals surface area (Å²) in [6.07, 6.45) is 0. The number of benzene rings is 1. The van der Waals surface area contributed by atoms with Crippen LogP contribution in [0.3, 0.4) is 0 Å². The number of thiophene rings is 1. The normalized spacial score (nSPS) is 11.2. The molecule has 6 heteroatoms. The van der Waals surface area contributed by atoms with Crippen molar-refractivity contribution in [2.24, 2.45) is 5.92 Å². The van der Waals surface area contributed by atoms with Gasteiger partial charge in [0, 0.05) is 17.0 Å². The van der Waals surface area contributed by atoms with Crippen LogP contribution in [0.5, 0.6) is 0 Å². The van der Waals surface area contributed by atoms with Gasteiger partial charge in [-0.3, -0.25) is 4.79 Å². The molecule has 0 aliphatic rings. The number of nitrogens with zero attached hydrogens (tertiary/aromatic N) is 1. The lowest BCUT2D eigenvalue weighted by molar-refractivity contribution is 0.397. The Bertz CT molecular complexity index is 1020. The summed E-state index contributed by atoms with van der Waals surface area (Å²) in [5.74, 6) is 0.497. The van der Waals surface area contributed by atoms with Gasteiger partial charge >= 0.3 is 0 Å². The summed E-state index contributed by atoms with van der Waals surface area (Å²) < 4.78 is 0. The lowest BCUT2D eigenvalue weighted by Crippen LogP contribution is -2.41. The van der Waals surface area contributed by atoms with E-state index in [1.165, 1.54) is 10.4 Å². The summed E-state index contributed by atoms with van der Waals surface area (Å²) in [6, 6.07) is 10.3. The first kappa shape index (κ1) is 20.6. The first-order valence-corrected chi connectivity index (χ1v) is 10.8. The third-order valence-corrected chi connectivity index (χ3v) is 6.13. The number of hydrogen-bond donors (Lipinski definition) is 2. The van der Waals surface area contributed by atoms with E-state index < -0.39 is 0 Å². The van der Waals surface area contributed by atoms with Crippen molar-refractivity contribution in [3.63, 3.8) is 0 Å². The fourth-order valence-corrected chi connectivity index (χ4v) is 4.02. The molecule has 0 amide bonds. The van der Waals surface area contributed by atoms with Crippen molar-refractivity contribution in [1.29, 1.82) is 0 Å². The van der Waals surface area contributed by atoms with Gasteiger partial charge in [-0.2, -0.15) is 0 Å². The minimum Gasteiger partial charge on any atom is -0.362 e. The number of aromatic nitrogens is 1. The number of H-pyrrole nitrogens is 1. The molecule has 2 heterocycles. The third kappa shape index (κ3) is 4.80. The molecule has 0 saturated carbocycles. The van der Waals surface area contributed by atoms with E-state index in [0.29, 0.717) is 24.1 Å². The highest BCUT2D eigenvalue weighted by Crippen LogP contribution is 2.20. The van der Waals surface area contributed by atoms with Gasteiger partial charge < -0.3 is 15.2 Å². The van der Waals surface area contributed by atoms with Crippen LogP contribution < -0.4 is 10.9 Å². The Labute approximate surface area is 175 Å². The first-order valence-electron chi connectivity index (χ1n) is 9.52. The molecule has 0 radical (unpaired) electrons. The van der Waals surface area contributed by atoms with Crippen LogP contribution in [-0.4, -0.2) is 21.5 Å². The summed E-state index contributed by atoms with van der Waals surface area (Å²) >= 11 is 7.35. The van der Waals surface area contributed by atoms with Crippen LogP contribution in [0.15, 0.2) is 40.5 Å². The highest BCUT2D eigenvalue weighted by molar-refractivity contribution is 7.80. The maximum Gasteiger partial charge on any atom is 0.253 e. The van der Waals surface area contributed by atoms with E-state index in [-0.39, 0.29) is 5.56 Å². The Kier molecular flexibility index (Phi) is 6.52. The smallest absolute Gasteiger partial charge is 0.253 e. The average Bonchev–Trinajstić information content (AvgIpc) is 3.16. The molecular formula is C22H27N3OS2. The lowest BCUT2D eigenvalue weighted by atomic mass is 10.0.